The summed E-state index contributed by atoms with van der Waals surface area (Å²) >= 11 is 0. The largest absolute Gasteiger partial charge is 0.481 e. The lowest BCUT2D eigenvalue weighted by atomic mass is 9.99. The minimum absolute atomic E-state index is 0.163. The highest BCUT2D eigenvalue weighted by Crippen LogP contribution is 2.19. The van der Waals surface area contributed by atoms with Crippen LogP contribution in [0.25, 0.3) is 0 Å². The van der Waals surface area contributed by atoms with E-state index in [0.29, 0.717) is 12.8 Å². The van der Waals surface area contributed by atoms with Crippen molar-refractivity contribution < 1.29 is 23.1 Å². The standard InChI is InChI=1S/C11H19N3O5S/c15-10(13-9-1-2-9)7-12-20(18,19)14-5-3-8(4-6-14)11(16)17/h8-9,12H,1-7H2,(H,13,15)(H,16,17). The lowest BCUT2D eigenvalue weighted by molar-refractivity contribution is -0.142. The zero-order valence-electron chi connectivity index (χ0n) is 11.0. The molecular formula is C11H19N3O5S. The molecule has 1 saturated heterocycles. The van der Waals surface area contributed by atoms with Gasteiger partial charge in [-0.15, -0.1) is 0 Å². The molecule has 2 aliphatic rings. The molecule has 1 saturated carbocycles. The van der Waals surface area contributed by atoms with Crippen molar-refractivity contribution in [3.63, 3.8) is 0 Å². The van der Waals surface area contributed by atoms with Crippen LogP contribution in [0, 0.1) is 5.92 Å². The van der Waals surface area contributed by atoms with E-state index in [1.54, 1.807) is 0 Å². The van der Waals surface area contributed by atoms with Gasteiger partial charge in [-0.25, -0.2) is 0 Å². The van der Waals surface area contributed by atoms with E-state index < -0.39 is 22.1 Å². The molecule has 0 aromatic carbocycles. The van der Waals surface area contributed by atoms with E-state index in [1.807, 2.05) is 0 Å². The fraction of sp³-hybridized carbons (Fsp3) is 0.818. The van der Waals surface area contributed by atoms with Gasteiger partial charge in [0, 0.05) is 19.1 Å². The maximum atomic E-state index is 12.0. The normalized spacial score (nSPS) is 21.6. The third-order valence-corrected chi connectivity index (χ3v) is 5.05. The molecule has 20 heavy (non-hydrogen) atoms. The summed E-state index contributed by atoms with van der Waals surface area (Å²) in [5.74, 6) is -1.71. The molecule has 0 radical (unpaired) electrons. The molecule has 0 bridgehead atoms. The Morgan fingerprint density at radius 1 is 1.15 bits per heavy atom. The van der Waals surface area contributed by atoms with Crippen molar-refractivity contribution in [2.75, 3.05) is 19.6 Å². The van der Waals surface area contributed by atoms with Crippen molar-refractivity contribution in [1.82, 2.24) is 14.3 Å². The van der Waals surface area contributed by atoms with E-state index in [4.69, 9.17) is 5.11 Å². The van der Waals surface area contributed by atoms with Gasteiger partial charge in [-0.1, -0.05) is 0 Å². The molecule has 114 valence electrons. The number of carboxylic acid groups (broad SMARTS) is 1. The molecule has 0 spiro atoms. The van der Waals surface area contributed by atoms with Crippen molar-refractivity contribution in [3.05, 3.63) is 0 Å². The molecule has 1 amide bonds. The molecule has 8 nitrogen and oxygen atoms in total. The second kappa shape index (κ2) is 6.06. The molecule has 0 atom stereocenters. The monoisotopic (exact) mass is 305 g/mol. The molecule has 1 heterocycles. The van der Waals surface area contributed by atoms with E-state index in [-0.39, 0.29) is 31.6 Å². The van der Waals surface area contributed by atoms with Crippen molar-refractivity contribution in [2.24, 2.45) is 5.92 Å². The molecule has 2 fully saturated rings. The Labute approximate surface area is 117 Å². The lowest BCUT2D eigenvalue weighted by Gasteiger charge is -2.29. The van der Waals surface area contributed by atoms with Gasteiger partial charge < -0.3 is 10.4 Å². The average Bonchev–Trinajstić information content (AvgIpc) is 3.20. The quantitative estimate of drug-likeness (QED) is 0.576. The summed E-state index contributed by atoms with van der Waals surface area (Å²) in [4.78, 5) is 22.2. The summed E-state index contributed by atoms with van der Waals surface area (Å²) < 4.78 is 27.3. The van der Waals surface area contributed by atoms with Gasteiger partial charge in [-0.3, -0.25) is 9.59 Å². The molecular weight excluding hydrogens is 286 g/mol. The van der Waals surface area contributed by atoms with Gasteiger partial charge in [0.25, 0.3) is 10.2 Å². The van der Waals surface area contributed by atoms with Crippen LogP contribution >= 0.6 is 0 Å². The highest BCUT2D eigenvalue weighted by atomic mass is 32.2. The summed E-state index contributed by atoms with van der Waals surface area (Å²) in [7, 11) is -3.71. The molecule has 0 aromatic rings. The first-order valence-electron chi connectivity index (χ1n) is 6.65. The molecule has 1 aliphatic carbocycles. The fourth-order valence-corrected chi connectivity index (χ4v) is 3.29. The van der Waals surface area contributed by atoms with Gasteiger partial charge in [0.2, 0.25) is 5.91 Å². The Bertz CT molecular complexity index is 480. The van der Waals surface area contributed by atoms with Crippen molar-refractivity contribution in [3.8, 4) is 0 Å². The number of aliphatic carboxylic acids is 1. The maximum Gasteiger partial charge on any atom is 0.306 e. The Morgan fingerprint density at radius 3 is 2.25 bits per heavy atom. The molecule has 9 heteroatoms. The number of rotatable bonds is 6. The Hall–Kier alpha value is -1.19. The molecule has 2 rings (SSSR count). The number of carbonyl (C=O) groups excluding carboxylic acids is 1. The first kappa shape index (κ1) is 15.2. The van der Waals surface area contributed by atoms with E-state index in [1.165, 1.54) is 4.31 Å². The van der Waals surface area contributed by atoms with Crippen LogP contribution in [0.1, 0.15) is 25.7 Å². The van der Waals surface area contributed by atoms with Crippen LogP contribution in [-0.2, 0) is 19.8 Å². The SMILES string of the molecule is O=C(CNS(=O)(=O)N1CCC(C(=O)O)CC1)NC1CC1. The van der Waals surface area contributed by atoms with Gasteiger partial charge >= 0.3 is 5.97 Å². The van der Waals surface area contributed by atoms with Crippen molar-refractivity contribution >= 4 is 22.1 Å². The topological polar surface area (TPSA) is 116 Å². The van der Waals surface area contributed by atoms with Crippen LogP contribution in [0.4, 0.5) is 0 Å². The van der Waals surface area contributed by atoms with Crippen LogP contribution in [0.15, 0.2) is 0 Å². The first-order valence-corrected chi connectivity index (χ1v) is 8.09. The van der Waals surface area contributed by atoms with Crippen LogP contribution in [-0.4, -0.2) is 55.4 Å². The molecule has 1 aliphatic heterocycles. The summed E-state index contributed by atoms with van der Waals surface area (Å²) in [6, 6.07) is 0.193. The Kier molecular flexibility index (Phi) is 4.61. The van der Waals surface area contributed by atoms with Gasteiger partial charge in [-0.2, -0.15) is 17.4 Å². The summed E-state index contributed by atoms with van der Waals surface area (Å²) in [5.41, 5.74) is 0. The Balaban J connectivity index is 1.78. The molecule has 0 unspecified atom stereocenters. The summed E-state index contributed by atoms with van der Waals surface area (Å²) in [6.45, 7) is 0.0464. The highest BCUT2D eigenvalue weighted by molar-refractivity contribution is 7.87. The van der Waals surface area contributed by atoms with Crippen LogP contribution < -0.4 is 10.0 Å². The van der Waals surface area contributed by atoms with Gasteiger partial charge in [0.05, 0.1) is 12.5 Å². The first-order chi connectivity index (χ1) is 9.38. The van der Waals surface area contributed by atoms with Crippen LogP contribution in [0.5, 0.6) is 0 Å². The fourth-order valence-electron chi connectivity index (χ4n) is 2.10. The predicted molar refractivity (Wildman–Crippen MR) is 70.0 cm³/mol. The number of amides is 1. The lowest BCUT2D eigenvalue weighted by Crippen LogP contribution is -2.48. The minimum Gasteiger partial charge on any atom is -0.481 e. The third kappa shape index (κ3) is 4.15. The number of carbonyl (C=O) groups is 2. The van der Waals surface area contributed by atoms with Crippen LogP contribution in [0.3, 0.4) is 0 Å². The smallest absolute Gasteiger partial charge is 0.306 e. The predicted octanol–water partition coefficient (Wildman–Crippen LogP) is -1.10. The van der Waals surface area contributed by atoms with E-state index in [2.05, 4.69) is 10.0 Å². The zero-order chi connectivity index (χ0) is 14.8. The van der Waals surface area contributed by atoms with Gasteiger partial charge in [0.1, 0.15) is 0 Å². The molecule has 0 aromatic heterocycles. The number of hydrogen-bond donors (Lipinski definition) is 3. The molecule has 3 N–H and O–H groups in total. The second-order valence-corrected chi connectivity index (χ2v) is 6.93. The maximum absolute atomic E-state index is 12.0. The number of piperidine rings is 1. The van der Waals surface area contributed by atoms with E-state index >= 15 is 0 Å². The highest BCUT2D eigenvalue weighted by Gasteiger charge is 2.31. The van der Waals surface area contributed by atoms with Crippen LogP contribution in [0.2, 0.25) is 0 Å². The summed E-state index contributed by atoms with van der Waals surface area (Å²) in [6.07, 6.45) is 2.48. The van der Waals surface area contributed by atoms with E-state index in [9.17, 15) is 18.0 Å². The summed E-state index contributed by atoms with van der Waals surface area (Å²) in [5, 5.41) is 11.5. The third-order valence-electron chi connectivity index (χ3n) is 3.50. The van der Waals surface area contributed by atoms with Gasteiger partial charge in [0.15, 0.2) is 0 Å². The number of hydrogen-bond acceptors (Lipinski definition) is 4. The van der Waals surface area contributed by atoms with Gasteiger partial charge in [-0.05, 0) is 25.7 Å². The minimum atomic E-state index is -3.71. The number of nitrogens with one attached hydrogen (secondary N) is 2. The second-order valence-electron chi connectivity index (χ2n) is 5.18. The number of nitrogens with zero attached hydrogens (tertiary/aromatic N) is 1. The number of carboxylic acids is 1. The van der Waals surface area contributed by atoms with Crippen molar-refractivity contribution in [2.45, 2.75) is 31.7 Å². The Morgan fingerprint density at radius 2 is 1.75 bits per heavy atom. The zero-order valence-corrected chi connectivity index (χ0v) is 11.9. The van der Waals surface area contributed by atoms with Crippen molar-refractivity contribution in [1.29, 1.82) is 0 Å². The van der Waals surface area contributed by atoms with E-state index in [0.717, 1.165) is 12.8 Å². The average molecular weight is 305 g/mol.